The first-order valence-electron chi connectivity index (χ1n) is 9.71. The largest absolute Gasteiger partial charge is 0.369 e. The molecule has 0 radical (unpaired) electrons. The van der Waals surface area contributed by atoms with Crippen molar-refractivity contribution in [2.75, 3.05) is 26.2 Å². The molecule has 5 heteroatoms. The fraction of sp³-hybridized carbons (Fsp3) is 0.429. The topological polar surface area (TPSA) is 41.4 Å². The van der Waals surface area contributed by atoms with Crippen LogP contribution in [0.2, 0.25) is 0 Å². The molecular weight excluding hydrogens is 324 g/mol. The molecule has 3 heterocycles. The summed E-state index contributed by atoms with van der Waals surface area (Å²) in [5, 5.41) is 0. The zero-order valence-corrected chi connectivity index (χ0v) is 15.0. The van der Waals surface area contributed by atoms with Crippen LogP contribution in [0.25, 0.3) is 11.0 Å². The fourth-order valence-corrected chi connectivity index (χ4v) is 4.24. The van der Waals surface area contributed by atoms with Crippen molar-refractivity contribution in [2.45, 2.75) is 32.2 Å². The highest BCUT2D eigenvalue weighted by Gasteiger charge is 2.22. The van der Waals surface area contributed by atoms with Crippen LogP contribution in [-0.4, -0.2) is 51.4 Å². The number of imidazole rings is 1. The van der Waals surface area contributed by atoms with Crippen LogP contribution < -0.4 is 0 Å². The van der Waals surface area contributed by atoms with E-state index in [0.717, 1.165) is 74.4 Å². The first-order valence-corrected chi connectivity index (χ1v) is 9.71. The molecule has 0 unspecified atom stereocenters. The number of hydrogen-bond donors (Lipinski definition) is 0. The van der Waals surface area contributed by atoms with E-state index in [9.17, 15) is 4.79 Å². The monoisotopic (exact) mass is 348 g/mol. The molecule has 26 heavy (non-hydrogen) atoms. The van der Waals surface area contributed by atoms with Gasteiger partial charge >= 0.3 is 0 Å². The lowest BCUT2D eigenvalue weighted by Crippen LogP contribution is -2.35. The molecule has 1 saturated heterocycles. The molecule has 2 aromatic rings. The molecule has 1 aromatic carbocycles. The van der Waals surface area contributed by atoms with Crippen molar-refractivity contribution in [3.63, 3.8) is 0 Å². The van der Waals surface area contributed by atoms with Crippen LogP contribution in [0.15, 0.2) is 42.1 Å². The van der Waals surface area contributed by atoms with Crippen LogP contribution in [0, 0.1) is 0 Å². The van der Waals surface area contributed by atoms with E-state index in [-0.39, 0.29) is 5.91 Å². The minimum absolute atomic E-state index is 0.169. The van der Waals surface area contributed by atoms with Crippen LogP contribution in [0.4, 0.5) is 0 Å². The van der Waals surface area contributed by atoms with E-state index >= 15 is 0 Å². The molecule has 0 spiro atoms. The van der Waals surface area contributed by atoms with Crippen molar-refractivity contribution in [3.8, 4) is 0 Å². The predicted octanol–water partition coefficient (Wildman–Crippen LogP) is 2.97. The first-order chi connectivity index (χ1) is 12.8. The molecule has 5 nitrogen and oxygen atoms in total. The van der Waals surface area contributed by atoms with Gasteiger partial charge in [0.25, 0.3) is 5.91 Å². The van der Waals surface area contributed by atoms with Crippen molar-refractivity contribution in [1.82, 2.24) is 19.4 Å². The number of amides is 1. The molecule has 2 aliphatic heterocycles. The van der Waals surface area contributed by atoms with Gasteiger partial charge in [-0.1, -0.05) is 6.08 Å². The summed E-state index contributed by atoms with van der Waals surface area (Å²) >= 11 is 0. The Balaban J connectivity index is 1.43. The predicted molar refractivity (Wildman–Crippen MR) is 102 cm³/mol. The Hall–Kier alpha value is -2.56. The summed E-state index contributed by atoms with van der Waals surface area (Å²) in [5.74, 6) is 1.30. The number of carbonyl (C=O) groups excluding carboxylic acids is 1. The molecule has 0 saturated carbocycles. The molecule has 0 atom stereocenters. The summed E-state index contributed by atoms with van der Waals surface area (Å²) in [7, 11) is 0. The van der Waals surface area contributed by atoms with Gasteiger partial charge in [0.05, 0.1) is 11.0 Å². The van der Waals surface area contributed by atoms with Gasteiger partial charge < -0.3 is 14.4 Å². The van der Waals surface area contributed by atoms with E-state index in [0.29, 0.717) is 0 Å². The first kappa shape index (κ1) is 15.7. The normalized spacial score (nSPS) is 19.8. The zero-order chi connectivity index (χ0) is 17.5. The lowest BCUT2D eigenvalue weighted by atomic mass is 10.1. The third-order valence-corrected chi connectivity index (χ3v) is 5.82. The van der Waals surface area contributed by atoms with E-state index in [2.05, 4.69) is 33.8 Å². The molecule has 5 rings (SSSR count). The standard InChI is InChI=1S/C21H24N4O/c26-21(24-10-2-1-3-11-24)16-7-8-18-19(15-16)25-14-13-23(17-5-4-6-17)12-9-20(25)22-18/h4-8,15H,1-3,9-14H2. The molecular formula is C21H24N4O. The highest BCUT2D eigenvalue weighted by Crippen LogP contribution is 2.24. The number of aromatic nitrogens is 2. The van der Waals surface area contributed by atoms with E-state index in [4.69, 9.17) is 4.98 Å². The summed E-state index contributed by atoms with van der Waals surface area (Å²) in [4.78, 5) is 22.1. The van der Waals surface area contributed by atoms with E-state index in [1.807, 2.05) is 17.0 Å². The maximum absolute atomic E-state index is 12.9. The minimum atomic E-state index is 0.169. The van der Waals surface area contributed by atoms with Gasteiger partial charge in [-0.3, -0.25) is 4.79 Å². The number of likely N-dealkylation sites (tertiary alicyclic amines) is 1. The third-order valence-electron chi connectivity index (χ3n) is 5.82. The average molecular weight is 348 g/mol. The second kappa shape index (κ2) is 6.31. The van der Waals surface area contributed by atoms with Crippen molar-refractivity contribution < 1.29 is 4.79 Å². The molecule has 1 fully saturated rings. The Morgan fingerprint density at radius 2 is 1.85 bits per heavy atom. The van der Waals surface area contributed by atoms with Crippen LogP contribution in [-0.2, 0) is 13.0 Å². The van der Waals surface area contributed by atoms with Crippen LogP contribution in [0.3, 0.4) is 0 Å². The fourth-order valence-electron chi connectivity index (χ4n) is 4.24. The van der Waals surface area contributed by atoms with Gasteiger partial charge in [0.1, 0.15) is 5.82 Å². The quantitative estimate of drug-likeness (QED) is 0.838. The molecule has 3 aliphatic rings. The molecule has 0 bridgehead atoms. The summed E-state index contributed by atoms with van der Waals surface area (Å²) < 4.78 is 2.31. The Kier molecular flexibility index (Phi) is 3.80. The van der Waals surface area contributed by atoms with E-state index in [1.165, 1.54) is 12.1 Å². The number of rotatable bonds is 2. The third kappa shape index (κ3) is 2.62. The zero-order valence-electron chi connectivity index (χ0n) is 15.0. The summed E-state index contributed by atoms with van der Waals surface area (Å²) in [6.07, 6.45) is 10.8. The van der Waals surface area contributed by atoms with Crippen LogP contribution in [0.5, 0.6) is 0 Å². The summed E-state index contributed by atoms with van der Waals surface area (Å²) in [6.45, 7) is 4.67. The Morgan fingerprint density at radius 3 is 2.62 bits per heavy atom. The van der Waals surface area contributed by atoms with Crippen molar-refractivity contribution >= 4 is 16.9 Å². The lowest BCUT2D eigenvalue weighted by molar-refractivity contribution is 0.0724. The number of carbonyl (C=O) groups is 1. The number of benzene rings is 1. The van der Waals surface area contributed by atoms with Crippen LogP contribution >= 0.6 is 0 Å². The maximum Gasteiger partial charge on any atom is 0.253 e. The lowest BCUT2D eigenvalue weighted by Gasteiger charge is -2.27. The van der Waals surface area contributed by atoms with Crippen LogP contribution in [0.1, 0.15) is 35.4 Å². The highest BCUT2D eigenvalue weighted by molar-refractivity contribution is 5.97. The van der Waals surface area contributed by atoms with Gasteiger partial charge in [0, 0.05) is 50.4 Å². The van der Waals surface area contributed by atoms with Gasteiger partial charge in [-0.15, -0.1) is 0 Å². The number of hydrogen-bond acceptors (Lipinski definition) is 3. The van der Waals surface area contributed by atoms with Gasteiger partial charge in [0.2, 0.25) is 0 Å². The maximum atomic E-state index is 12.9. The SMILES string of the molecule is O=C(c1ccc2nc3n(c2c1)CCN(C1=CC=C1)CC3)N1CCCCC1. The van der Waals surface area contributed by atoms with Gasteiger partial charge in [-0.2, -0.15) is 0 Å². The Bertz CT molecular complexity index is 917. The van der Waals surface area contributed by atoms with Gasteiger partial charge in [0.15, 0.2) is 0 Å². The summed E-state index contributed by atoms with van der Waals surface area (Å²) in [6, 6.07) is 6.02. The molecule has 1 amide bonds. The Labute approximate surface area is 153 Å². The number of nitrogens with zero attached hydrogens (tertiary/aromatic N) is 4. The number of piperidine rings is 1. The van der Waals surface area contributed by atoms with E-state index in [1.54, 1.807) is 0 Å². The molecule has 1 aromatic heterocycles. The Morgan fingerprint density at radius 1 is 1.00 bits per heavy atom. The second-order valence-corrected chi connectivity index (χ2v) is 7.42. The van der Waals surface area contributed by atoms with Crippen molar-refractivity contribution in [1.29, 1.82) is 0 Å². The van der Waals surface area contributed by atoms with Crippen molar-refractivity contribution in [3.05, 3.63) is 53.5 Å². The average Bonchev–Trinajstić information content (AvgIpc) is 2.86. The van der Waals surface area contributed by atoms with E-state index < -0.39 is 0 Å². The molecule has 134 valence electrons. The number of allylic oxidation sites excluding steroid dienone is 3. The second-order valence-electron chi connectivity index (χ2n) is 7.42. The minimum Gasteiger partial charge on any atom is -0.369 e. The molecule has 0 N–H and O–H groups in total. The molecule has 1 aliphatic carbocycles. The van der Waals surface area contributed by atoms with Gasteiger partial charge in [-0.05, 0) is 49.6 Å². The summed E-state index contributed by atoms with van der Waals surface area (Å²) in [5.41, 5.74) is 4.23. The smallest absolute Gasteiger partial charge is 0.253 e. The highest BCUT2D eigenvalue weighted by atomic mass is 16.2. The van der Waals surface area contributed by atoms with Gasteiger partial charge in [-0.25, -0.2) is 4.98 Å². The van der Waals surface area contributed by atoms with Crippen molar-refractivity contribution in [2.24, 2.45) is 0 Å². The number of fused-ring (bicyclic) bond motifs is 3.